The zero-order valence-corrected chi connectivity index (χ0v) is 14.0. The Morgan fingerprint density at radius 3 is 2.84 bits per heavy atom. The SMILES string of the molecule is O=C(NCC(N1CCNCC1)C(F)(F)F)c1cnc(-c2ccco2)s1. The Morgan fingerprint density at radius 2 is 2.20 bits per heavy atom. The molecule has 2 aromatic heterocycles. The fourth-order valence-electron chi connectivity index (χ4n) is 2.62. The first-order valence-corrected chi connectivity index (χ1v) is 8.56. The lowest BCUT2D eigenvalue weighted by atomic mass is 10.2. The lowest BCUT2D eigenvalue weighted by molar-refractivity contribution is -0.183. The van der Waals surface area contributed by atoms with E-state index in [4.69, 9.17) is 4.42 Å². The molecular weight excluding hydrogens is 357 g/mol. The van der Waals surface area contributed by atoms with Gasteiger partial charge in [-0.3, -0.25) is 9.69 Å². The highest BCUT2D eigenvalue weighted by atomic mass is 32.1. The first-order valence-electron chi connectivity index (χ1n) is 7.74. The highest BCUT2D eigenvalue weighted by molar-refractivity contribution is 7.16. The summed E-state index contributed by atoms with van der Waals surface area (Å²) in [6.07, 6.45) is -1.58. The Bertz CT molecular complexity index is 696. The molecule has 2 N–H and O–H groups in total. The summed E-state index contributed by atoms with van der Waals surface area (Å²) in [5.74, 6) is -0.0577. The topological polar surface area (TPSA) is 70.4 Å². The molecule has 25 heavy (non-hydrogen) atoms. The second-order valence-electron chi connectivity index (χ2n) is 5.56. The van der Waals surface area contributed by atoms with Crippen molar-refractivity contribution in [3.05, 3.63) is 29.5 Å². The van der Waals surface area contributed by atoms with Gasteiger partial charge in [0.1, 0.15) is 10.9 Å². The van der Waals surface area contributed by atoms with E-state index in [0.29, 0.717) is 36.9 Å². The zero-order valence-electron chi connectivity index (χ0n) is 13.2. The highest BCUT2D eigenvalue weighted by Crippen LogP contribution is 2.27. The van der Waals surface area contributed by atoms with E-state index in [1.165, 1.54) is 17.4 Å². The predicted molar refractivity (Wildman–Crippen MR) is 86.4 cm³/mol. The van der Waals surface area contributed by atoms with Gasteiger partial charge in [-0.15, -0.1) is 11.3 Å². The fourth-order valence-corrected chi connectivity index (χ4v) is 3.42. The molecule has 0 spiro atoms. The quantitative estimate of drug-likeness (QED) is 0.837. The van der Waals surface area contributed by atoms with Gasteiger partial charge in [-0.05, 0) is 12.1 Å². The summed E-state index contributed by atoms with van der Waals surface area (Å²) < 4.78 is 45.1. The fraction of sp³-hybridized carbons (Fsp3) is 0.467. The smallest absolute Gasteiger partial charge is 0.405 e. The van der Waals surface area contributed by atoms with E-state index in [2.05, 4.69) is 15.6 Å². The number of nitrogens with one attached hydrogen (secondary N) is 2. The van der Waals surface area contributed by atoms with Gasteiger partial charge in [-0.1, -0.05) is 0 Å². The van der Waals surface area contributed by atoms with Crippen LogP contribution in [0.2, 0.25) is 0 Å². The summed E-state index contributed by atoms with van der Waals surface area (Å²) in [4.78, 5) is 17.8. The van der Waals surface area contributed by atoms with Crippen LogP contribution in [0.4, 0.5) is 13.2 Å². The van der Waals surface area contributed by atoms with Gasteiger partial charge in [0.2, 0.25) is 0 Å². The molecule has 1 aliphatic rings. The molecular formula is C15H17F3N4O2S. The van der Waals surface area contributed by atoms with E-state index >= 15 is 0 Å². The largest absolute Gasteiger partial charge is 0.462 e. The predicted octanol–water partition coefficient (Wildman–Crippen LogP) is 1.97. The van der Waals surface area contributed by atoms with E-state index in [0.717, 1.165) is 11.3 Å². The number of rotatable bonds is 5. The molecule has 0 radical (unpaired) electrons. The highest BCUT2D eigenvalue weighted by Gasteiger charge is 2.43. The number of piperazine rings is 1. The molecule has 0 aliphatic carbocycles. The number of hydrogen-bond donors (Lipinski definition) is 2. The summed E-state index contributed by atoms with van der Waals surface area (Å²) in [5.41, 5.74) is 0. The van der Waals surface area contributed by atoms with Crippen molar-refractivity contribution in [1.82, 2.24) is 20.5 Å². The number of carbonyl (C=O) groups excluding carboxylic acids is 1. The maximum atomic E-state index is 13.3. The van der Waals surface area contributed by atoms with Crippen LogP contribution in [-0.4, -0.2) is 60.7 Å². The molecule has 3 rings (SSSR count). The minimum atomic E-state index is -4.41. The van der Waals surface area contributed by atoms with Crippen LogP contribution in [0, 0.1) is 0 Å². The van der Waals surface area contributed by atoms with Crippen LogP contribution >= 0.6 is 11.3 Å². The minimum absolute atomic E-state index is 0.243. The van der Waals surface area contributed by atoms with Gasteiger partial charge in [0.15, 0.2) is 10.8 Å². The normalized spacial score (nSPS) is 17.4. The molecule has 10 heteroatoms. The van der Waals surface area contributed by atoms with Gasteiger partial charge in [-0.25, -0.2) is 4.98 Å². The maximum Gasteiger partial charge on any atom is 0.405 e. The van der Waals surface area contributed by atoms with E-state index < -0.39 is 24.7 Å². The second-order valence-corrected chi connectivity index (χ2v) is 6.59. The molecule has 1 atom stereocenters. The number of alkyl halides is 3. The molecule has 1 aliphatic heterocycles. The third-order valence-corrected chi connectivity index (χ3v) is 4.90. The molecule has 0 saturated carbocycles. The van der Waals surface area contributed by atoms with Gasteiger partial charge in [0, 0.05) is 32.7 Å². The van der Waals surface area contributed by atoms with E-state index in [9.17, 15) is 18.0 Å². The third-order valence-electron chi connectivity index (χ3n) is 3.89. The number of amides is 1. The molecule has 0 aromatic carbocycles. The van der Waals surface area contributed by atoms with Crippen LogP contribution < -0.4 is 10.6 Å². The maximum absolute atomic E-state index is 13.3. The average molecular weight is 374 g/mol. The Balaban J connectivity index is 1.63. The second kappa shape index (κ2) is 7.54. The van der Waals surface area contributed by atoms with Crippen molar-refractivity contribution in [2.24, 2.45) is 0 Å². The summed E-state index contributed by atoms with van der Waals surface area (Å²) in [6, 6.07) is 1.69. The first-order chi connectivity index (χ1) is 11.9. The van der Waals surface area contributed by atoms with Crippen molar-refractivity contribution < 1.29 is 22.4 Å². The Kier molecular flexibility index (Phi) is 5.40. The zero-order chi connectivity index (χ0) is 17.9. The standard InChI is InChI=1S/C15H17F3N4O2S/c16-15(17,18)12(22-5-3-19-4-6-22)9-20-13(23)11-8-21-14(25-11)10-2-1-7-24-10/h1-2,7-8,12,19H,3-6,9H2,(H,20,23). The average Bonchev–Trinajstić information content (AvgIpc) is 3.26. The summed E-state index contributed by atoms with van der Waals surface area (Å²) in [6.45, 7) is 1.10. The molecule has 6 nitrogen and oxygen atoms in total. The Labute approximate surface area is 146 Å². The molecule has 3 heterocycles. The number of nitrogens with zero attached hydrogens (tertiary/aromatic N) is 2. The van der Waals surface area contributed by atoms with Crippen molar-refractivity contribution >= 4 is 17.2 Å². The molecule has 1 amide bonds. The van der Waals surface area contributed by atoms with Crippen molar-refractivity contribution in [3.8, 4) is 10.8 Å². The van der Waals surface area contributed by atoms with Gasteiger partial charge >= 0.3 is 6.18 Å². The molecule has 1 saturated heterocycles. The summed E-state index contributed by atoms with van der Waals surface area (Å²) >= 11 is 1.07. The van der Waals surface area contributed by atoms with Crippen LogP contribution in [0.5, 0.6) is 0 Å². The van der Waals surface area contributed by atoms with Crippen LogP contribution in [0.15, 0.2) is 29.0 Å². The Hall–Kier alpha value is -1.91. The number of furan rings is 1. The number of halogens is 3. The molecule has 1 fully saturated rings. The van der Waals surface area contributed by atoms with Crippen LogP contribution in [-0.2, 0) is 0 Å². The third kappa shape index (κ3) is 4.39. The van der Waals surface area contributed by atoms with Crippen LogP contribution in [0.1, 0.15) is 9.67 Å². The van der Waals surface area contributed by atoms with Gasteiger partial charge in [-0.2, -0.15) is 13.2 Å². The van der Waals surface area contributed by atoms with Crippen molar-refractivity contribution in [2.75, 3.05) is 32.7 Å². The van der Waals surface area contributed by atoms with E-state index in [-0.39, 0.29) is 4.88 Å². The van der Waals surface area contributed by atoms with Crippen LogP contribution in [0.25, 0.3) is 10.8 Å². The van der Waals surface area contributed by atoms with E-state index in [1.54, 1.807) is 12.1 Å². The lowest BCUT2D eigenvalue weighted by Crippen LogP contribution is -2.57. The van der Waals surface area contributed by atoms with Crippen molar-refractivity contribution in [3.63, 3.8) is 0 Å². The number of thiazole rings is 1. The molecule has 0 bridgehead atoms. The van der Waals surface area contributed by atoms with Crippen molar-refractivity contribution in [1.29, 1.82) is 0 Å². The molecule has 136 valence electrons. The minimum Gasteiger partial charge on any atom is -0.462 e. The molecule has 1 unspecified atom stereocenters. The van der Waals surface area contributed by atoms with Gasteiger partial charge in [0.05, 0.1) is 12.5 Å². The summed E-state index contributed by atoms with van der Waals surface area (Å²) in [7, 11) is 0. The Morgan fingerprint density at radius 1 is 1.44 bits per heavy atom. The number of hydrogen-bond acceptors (Lipinski definition) is 6. The number of carbonyl (C=O) groups is 1. The van der Waals surface area contributed by atoms with Crippen LogP contribution in [0.3, 0.4) is 0 Å². The molecule has 2 aromatic rings. The number of aromatic nitrogens is 1. The monoisotopic (exact) mass is 374 g/mol. The van der Waals surface area contributed by atoms with Gasteiger partial charge < -0.3 is 15.1 Å². The van der Waals surface area contributed by atoms with E-state index in [1.807, 2.05) is 0 Å². The lowest BCUT2D eigenvalue weighted by Gasteiger charge is -2.35. The van der Waals surface area contributed by atoms with Crippen molar-refractivity contribution in [2.45, 2.75) is 12.2 Å². The first kappa shape index (κ1) is 17.9. The summed E-state index contributed by atoms with van der Waals surface area (Å²) in [5, 5.41) is 5.90. The van der Waals surface area contributed by atoms with Gasteiger partial charge in [0.25, 0.3) is 5.91 Å².